The summed E-state index contributed by atoms with van der Waals surface area (Å²) in [4.78, 5) is 4.00. The van der Waals surface area contributed by atoms with Gasteiger partial charge in [0.15, 0.2) is 0 Å². The second-order valence-electron chi connectivity index (χ2n) is 4.48. The largest absolute Gasteiger partial charge is 0.489 e. The average Bonchev–Trinajstić information content (AvgIpc) is 2.38. The van der Waals surface area contributed by atoms with Crippen LogP contribution in [0.15, 0.2) is 47.2 Å². The highest BCUT2D eigenvalue weighted by Crippen LogP contribution is 2.30. The van der Waals surface area contributed by atoms with Gasteiger partial charge >= 0.3 is 0 Å². The van der Waals surface area contributed by atoms with Crippen molar-refractivity contribution in [3.05, 3.63) is 58.3 Å². The van der Waals surface area contributed by atoms with E-state index in [1.54, 1.807) is 12.4 Å². The van der Waals surface area contributed by atoms with Crippen molar-refractivity contribution >= 4 is 15.9 Å². The maximum atomic E-state index is 5.89. The minimum Gasteiger partial charge on any atom is -0.489 e. The van der Waals surface area contributed by atoms with E-state index in [1.165, 1.54) is 5.56 Å². The van der Waals surface area contributed by atoms with Crippen LogP contribution in [-0.2, 0) is 6.61 Å². The zero-order valence-corrected chi connectivity index (χ0v) is 12.1. The van der Waals surface area contributed by atoms with Gasteiger partial charge in [0.05, 0.1) is 0 Å². The van der Waals surface area contributed by atoms with E-state index in [0.29, 0.717) is 12.5 Å². The van der Waals surface area contributed by atoms with E-state index in [4.69, 9.17) is 4.74 Å². The van der Waals surface area contributed by atoms with Crippen molar-refractivity contribution in [3.63, 3.8) is 0 Å². The highest BCUT2D eigenvalue weighted by molar-refractivity contribution is 9.10. The lowest BCUT2D eigenvalue weighted by molar-refractivity contribution is 0.301. The van der Waals surface area contributed by atoms with Crippen molar-refractivity contribution in [2.75, 3.05) is 0 Å². The van der Waals surface area contributed by atoms with Gasteiger partial charge < -0.3 is 4.74 Å². The summed E-state index contributed by atoms with van der Waals surface area (Å²) in [5.74, 6) is 1.39. The van der Waals surface area contributed by atoms with Crippen LogP contribution in [0.4, 0.5) is 0 Å². The van der Waals surface area contributed by atoms with E-state index in [9.17, 15) is 0 Å². The molecule has 0 bridgehead atoms. The Morgan fingerprint density at radius 2 is 1.89 bits per heavy atom. The summed E-state index contributed by atoms with van der Waals surface area (Å²) in [6.45, 7) is 4.91. The SMILES string of the molecule is CC(C)c1cc(Br)ccc1OCc1ccncc1. The predicted molar refractivity (Wildman–Crippen MR) is 76.8 cm³/mol. The average molecular weight is 306 g/mol. The van der Waals surface area contributed by atoms with Gasteiger partial charge in [-0.15, -0.1) is 0 Å². The highest BCUT2D eigenvalue weighted by Gasteiger charge is 2.08. The molecule has 0 aliphatic carbocycles. The summed E-state index contributed by atoms with van der Waals surface area (Å²) in [6, 6.07) is 10.1. The fraction of sp³-hybridized carbons (Fsp3) is 0.267. The summed E-state index contributed by atoms with van der Waals surface area (Å²) in [5.41, 5.74) is 2.35. The molecule has 1 aromatic heterocycles. The van der Waals surface area contributed by atoms with E-state index < -0.39 is 0 Å². The Bertz CT molecular complexity index is 511. The first-order valence-corrected chi connectivity index (χ1v) is 6.77. The molecule has 0 spiro atoms. The second kappa shape index (κ2) is 6.01. The number of rotatable bonds is 4. The van der Waals surface area contributed by atoms with Crippen LogP contribution in [-0.4, -0.2) is 4.98 Å². The molecule has 0 saturated heterocycles. The van der Waals surface area contributed by atoms with Crippen molar-refractivity contribution in [3.8, 4) is 5.75 Å². The third kappa shape index (κ3) is 3.33. The summed E-state index contributed by atoms with van der Waals surface area (Å²) in [7, 11) is 0. The molecule has 0 atom stereocenters. The number of hydrogen-bond donors (Lipinski definition) is 0. The van der Waals surface area contributed by atoms with Gasteiger partial charge in [0, 0.05) is 16.9 Å². The molecule has 0 aliphatic heterocycles. The van der Waals surface area contributed by atoms with Gasteiger partial charge in [-0.1, -0.05) is 29.8 Å². The quantitative estimate of drug-likeness (QED) is 0.827. The minimum atomic E-state index is 0.440. The topological polar surface area (TPSA) is 22.1 Å². The molecule has 2 rings (SSSR count). The standard InChI is InChI=1S/C15H16BrNO/c1-11(2)14-9-13(16)3-4-15(14)18-10-12-5-7-17-8-6-12/h3-9,11H,10H2,1-2H3. The molecule has 0 radical (unpaired) electrons. The van der Waals surface area contributed by atoms with E-state index in [2.05, 4.69) is 40.8 Å². The number of benzene rings is 1. The summed E-state index contributed by atoms with van der Waals surface area (Å²) >= 11 is 3.50. The number of pyridine rings is 1. The summed E-state index contributed by atoms with van der Waals surface area (Å²) < 4.78 is 6.98. The molecule has 1 aromatic carbocycles. The van der Waals surface area contributed by atoms with Crippen LogP contribution in [0.5, 0.6) is 5.75 Å². The number of ether oxygens (including phenoxy) is 1. The molecule has 0 saturated carbocycles. The summed E-state index contributed by atoms with van der Waals surface area (Å²) in [5, 5.41) is 0. The lowest BCUT2D eigenvalue weighted by Gasteiger charge is -2.14. The Hall–Kier alpha value is -1.35. The van der Waals surface area contributed by atoms with Gasteiger partial charge in [-0.3, -0.25) is 4.98 Å². The Morgan fingerprint density at radius 3 is 2.56 bits per heavy atom. The maximum Gasteiger partial charge on any atom is 0.123 e. The molecule has 0 N–H and O–H groups in total. The van der Waals surface area contributed by atoms with Crippen LogP contribution in [0, 0.1) is 0 Å². The molecule has 0 aliphatic rings. The van der Waals surface area contributed by atoms with Gasteiger partial charge in [0.2, 0.25) is 0 Å². The zero-order chi connectivity index (χ0) is 13.0. The van der Waals surface area contributed by atoms with Gasteiger partial charge in [0.1, 0.15) is 12.4 Å². The van der Waals surface area contributed by atoms with Crippen LogP contribution >= 0.6 is 15.9 Å². The fourth-order valence-electron chi connectivity index (χ4n) is 1.74. The lowest BCUT2D eigenvalue weighted by atomic mass is 10.0. The third-order valence-corrected chi connectivity index (χ3v) is 3.23. The number of nitrogens with zero attached hydrogens (tertiary/aromatic N) is 1. The smallest absolute Gasteiger partial charge is 0.123 e. The van der Waals surface area contributed by atoms with Gasteiger partial charge in [-0.25, -0.2) is 0 Å². The van der Waals surface area contributed by atoms with Crippen LogP contribution in [0.1, 0.15) is 30.9 Å². The van der Waals surface area contributed by atoms with Crippen molar-refractivity contribution in [2.45, 2.75) is 26.4 Å². The summed E-state index contributed by atoms with van der Waals surface area (Å²) in [6.07, 6.45) is 3.56. The molecule has 0 unspecified atom stereocenters. The maximum absolute atomic E-state index is 5.89. The molecule has 0 amide bonds. The Morgan fingerprint density at radius 1 is 1.17 bits per heavy atom. The molecule has 2 aromatic rings. The molecule has 0 fully saturated rings. The normalized spacial score (nSPS) is 10.7. The molecule has 2 nitrogen and oxygen atoms in total. The number of aromatic nitrogens is 1. The molecule has 3 heteroatoms. The van der Waals surface area contributed by atoms with Crippen molar-refractivity contribution in [1.29, 1.82) is 0 Å². The number of hydrogen-bond acceptors (Lipinski definition) is 2. The minimum absolute atomic E-state index is 0.440. The van der Waals surface area contributed by atoms with Crippen LogP contribution < -0.4 is 4.74 Å². The lowest BCUT2D eigenvalue weighted by Crippen LogP contribution is -2.00. The first-order chi connectivity index (χ1) is 8.66. The second-order valence-corrected chi connectivity index (χ2v) is 5.40. The third-order valence-electron chi connectivity index (χ3n) is 2.74. The first kappa shape index (κ1) is 13.1. The molecule has 1 heterocycles. The van der Waals surface area contributed by atoms with Crippen LogP contribution in [0.25, 0.3) is 0 Å². The Balaban J connectivity index is 2.14. The van der Waals surface area contributed by atoms with E-state index in [-0.39, 0.29) is 0 Å². The Labute approximate surface area is 116 Å². The number of halogens is 1. The monoisotopic (exact) mass is 305 g/mol. The Kier molecular flexibility index (Phi) is 4.37. The van der Waals surface area contributed by atoms with Gasteiger partial charge in [-0.2, -0.15) is 0 Å². The predicted octanol–water partition coefficient (Wildman–Crippen LogP) is 4.55. The molecule has 94 valence electrons. The molecule has 18 heavy (non-hydrogen) atoms. The highest BCUT2D eigenvalue weighted by atomic mass is 79.9. The van der Waals surface area contributed by atoms with Crippen LogP contribution in [0.3, 0.4) is 0 Å². The first-order valence-electron chi connectivity index (χ1n) is 5.98. The van der Waals surface area contributed by atoms with E-state index >= 15 is 0 Å². The van der Waals surface area contributed by atoms with E-state index in [0.717, 1.165) is 15.8 Å². The van der Waals surface area contributed by atoms with Gasteiger partial charge in [-0.05, 0) is 47.4 Å². The van der Waals surface area contributed by atoms with Crippen molar-refractivity contribution < 1.29 is 4.74 Å². The molecular weight excluding hydrogens is 290 g/mol. The molecular formula is C15H16BrNO. The van der Waals surface area contributed by atoms with Gasteiger partial charge in [0.25, 0.3) is 0 Å². The van der Waals surface area contributed by atoms with Crippen molar-refractivity contribution in [1.82, 2.24) is 4.98 Å². The van der Waals surface area contributed by atoms with Crippen LogP contribution in [0.2, 0.25) is 0 Å². The van der Waals surface area contributed by atoms with E-state index in [1.807, 2.05) is 24.3 Å². The zero-order valence-electron chi connectivity index (χ0n) is 10.6. The fourth-order valence-corrected chi connectivity index (χ4v) is 2.12. The van der Waals surface area contributed by atoms with Crippen molar-refractivity contribution in [2.24, 2.45) is 0 Å².